The van der Waals surface area contributed by atoms with Crippen molar-refractivity contribution in [3.05, 3.63) is 35.4 Å². The van der Waals surface area contributed by atoms with Crippen molar-refractivity contribution in [2.24, 2.45) is 5.73 Å². The van der Waals surface area contributed by atoms with Gasteiger partial charge in [0.2, 0.25) is 5.91 Å². The maximum atomic E-state index is 11.9. The molecule has 1 heterocycles. The summed E-state index contributed by atoms with van der Waals surface area (Å²) in [6, 6.07) is 5.81. The minimum atomic E-state index is -1.08. The maximum Gasteiger partial charge on any atom is 0.322 e. The Hall–Kier alpha value is -2.45. The van der Waals surface area contributed by atoms with Crippen molar-refractivity contribution in [2.45, 2.75) is 25.0 Å². The van der Waals surface area contributed by atoms with Gasteiger partial charge in [-0.1, -0.05) is 24.3 Å². The van der Waals surface area contributed by atoms with Gasteiger partial charge in [-0.15, -0.1) is 0 Å². The molecule has 2 rings (SSSR count). The Bertz CT molecular complexity index is 616. The molecule has 0 saturated carbocycles. The predicted octanol–water partition coefficient (Wildman–Crippen LogP) is -0.669. The maximum absolute atomic E-state index is 11.9. The average Bonchev–Trinajstić information content (AvgIpc) is 2.79. The van der Waals surface area contributed by atoms with Gasteiger partial charge in [-0.2, -0.15) is 0 Å². The number of imide groups is 1. The molecule has 8 heteroatoms. The average molecular weight is 320 g/mol. The molecule has 124 valence electrons. The third-order valence-electron chi connectivity index (χ3n) is 3.73. The van der Waals surface area contributed by atoms with Crippen molar-refractivity contribution in [2.75, 3.05) is 13.7 Å². The smallest absolute Gasteiger partial charge is 0.322 e. The van der Waals surface area contributed by atoms with E-state index in [0.29, 0.717) is 12.1 Å². The summed E-state index contributed by atoms with van der Waals surface area (Å²) in [4.78, 5) is 34.9. The molecule has 2 unspecified atom stereocenters. The van der Waals surface area contributed by atoms with Crippen LogP contribution >= 0.6 is 0 Å². The zero-order valence-corrected chi connectivity index (χ0v) is 13.0. The Labute approximate surface area is 133 Å². The number of nitrogens with two attached hydrogens (primary N) is 1. The number of carbonyl (C=O) groups excluding carboxylic acids is 3. The third-order valence-corrected chi connectivity index (χ3v) is 3.73. The fourth-order valence-corrected chi connectivity index (χ4v) is 2.28. The molecule has 1 fully saturated rings. The van der Waals surface area contributed by atoms with Crippen LogP contribution in [0.25, 0.3) is 0 Å². The molecule has 2 atom stereocenters. The highest BCUT2D eigenvalue weighted by Gasteiger charge is 2.43. The Morgan fingerprint density at radius 1 is 1.35 bits per heavy atom. The zero-order chi connectivity index (χ0) is 17.0. The first kappa shape index (κ1) is 16.9. The van der Waals surface area contributed by atoms with Crippen molar-refractivity contribution in [3.8, 4) is 0 Å². The van der Waals surface area contributed by atoms with Gasteiger partial charge in [-0.3, -0.25) is 14.9 Å². The quantitative estimate of drug-likeness (QED) is 0.518. The molecular weight excluding hydrogens is 300 g/mol. The number of rotatable bonds is 6. The Morgan fingerprint density at radius 3 is 2.52 bits per heavy atom. The highest BCUT2D eigenvalue weighted by Crippen LogP contribution is 2.24. The second kappa shape index (κ2) is 6.76. The molecule has 0 bridgehead atoms. The molecule has 4 amide bonds. The third kappa shape index (κ3) is 3.66. The number of hydrogen-bond donors (Lipinski definition) is 4. The van der Waals surface area contributed by atoms with Crippen LogP contribution in [0.3, 0.4) is 0 Å². The normalized spacial score (nSPS) is 21.5. The molecule has 5 N–H and O–H groups in total. The second-order valence-electron chi connectivity index (χ2n) is 5.51. The number of ether oxygens (including phenoxy) is 1. The molecule has 8 nitrogen and oxygen atoms in total. The van der Waals surface area contributed by atoms with Gasteiger partial charge in [-0.25, -0.2) is 4.79 Å². The first-order valence-electron chi connectivity index (χ1n) is 7.12. The van der Waals surface area contributed by atoms with Crippen LogP contribution in [0.2, 0.25) is 0 Å². The van der Waals surface area contributed by atoms with Crippen LogP contribution in [0.5, 0.6) is 0 Å². The van der Waals surface area contributed by atoms with Crippen LogP contribution in [0.15, 0.2) is 24.3 Å². The van der Waals surface area contributed by atoms with E-state index in [0.717, 1.165) is 5.56 Å². The molecule has 1 aliphatic heterocycles. The molecule has 1 saturated heterocycles. The second-order valence-corrected chi connectivity index (χ2v) is 5.51. The largest absolute Gasteiger partial charge is 0.383 e. The molecule has 1 aromatic carbocycles. The van der Waals surface area contributed by atoms with Crippen molar-refractivity contribution in [3.63, 3.8) is 0 Å². The summed E-state index contributed by atoms with van der Waals surface area (Å²) in [5.41, 5.74) is 6.05. The lowest BCUT2D eigenvalue weighted by atomic mass is 9.91. The number of benzene rings is 1. The first-order chi connectivity index (χ1) is 10.9. The summed E-state index contributed by atoms with van der Waals surface area (Å²) in [6.45, 7) is 2.09. The number of urea groups is 1. The number of carbonyl (C=O) groups is 3. The molecule has 1 aliphatic rings. The molecule has 1 aromatic rings. The van der Waals surface area contributed by atoms with Gasteiger partial charge in [0.1, 0.15) is 11.6 Å². The van der Waals surface area contributed by atoms with Crippen LogP contribution in [-0.2, 0) is 26.4 Å². The van der Waals surface area contributed by atoms with E-state index in [2.05, 4.69) is 16.0 Å². The van der Waals surface area contributed by atoms with Crippen molar-refractivity contribution in [1.82, 2.24) is 16.0 Å². The lowest BCUT2D eigenvalue weighted by Crippen LogP contribution is -2.43. The number of hydrogen-bond acceptors (Lipinski definition) is 5. The monoisotopic (exact) mass is 320 g/mol. The lowest BCUT2D eigenvalue weighted by molar-refractivity contribution is -0.124. The SMILES string of the molecule is COCC(N)C(=O)NCc1ccc(C2(C)NC(=O)NC2=O)cc1. The van der Waals surface area contributed by atoms with E-state index in [4.69, 9.17) is 10.5 Å². The summed E-state index contributed by atoms with van der Waals surface area (Å²) in [5.74, 6) is -0.695. The van der Waals surface area contributed by atoms with E-state index in [1.807, 2.05) is 0 Å². The minimum absolute atomic E-state index is 0.151. The van der Waals surface area contributed by atoms with Crippen LogP contribution in [0.4, 0.5) is 4.79 Å². The van der Waals surface area contributed by atoms with Gasteiger partial charge >= 0.3 is 6.03 Å². The van der Waals surface area contributed by atoms with Crippen LogP contribution in [-0.4, -0.2) is 37.6 Å². The van der Waals surface area contributed by atoms with Gasteiger partial charge in [0.15, 0.2) is 0 Å². The zero-order valence-electron chi connectivity index (χ0n) is 13.0. The first-order valence-corrected chi connectivity index (χ1v) is 7.12. The molecular formula is C15H20N4O4. The van der Waals surface area contributed by atoms with Crippen molar-refractivity contribution < 1.29 is 19.1 Å². The Morgan fingerprint density at radius 2 is 2.00 bits per heavy atom. The lowest BCUT2D eigenvalue weighted by Gasteiger charge is -2.21. The van der Waals surface area contributed by atoms with Gasteiger partial charge in [0, 0.05) is 13.7 Å². The Balaban J connectivity index is 1.99. The molecule has 0 spiro atoms. The summed E-state index contributed by atoms with van der Waals surface area (Å²) in [5, 5.41) is 7.51. The van der Waals surface area contributed by atoms with E-state index >= 15 is 0 Å². The van der Waals surface area contributed by atoms with E-state index in [1.54, 1.807) is 31.2 Å². The summed E-state index contributed by atoms with van der Waals surface area (Å²) < 4.78 is 4.82. The molecule has 0 aliphatic carbocycles. The van der Waals surface area contributed by atoms with Crippen LogP contribution in [0, 0.1) is 0 Å². The van der Waals surface area contributed by atoms with Crippen LogP contribution < -0.4 is 21.7 Å². The standard InChI is InChI=1S/C15H20N4O4/c1-15(13(21)18-14(22)19-15)10-5-3-9(4-6-10)7-17-12(20)11(16)8-23-2/h3-6,11H,7-8,16H2,1-2H3,(H,17,20)(H2,18,19,21,22). The summed E-state index contributed by atoms with van der Waals surface area (Å²) >= 11 is 0. The fraction of sp³-hybridized carbons (Fsp3) is 0.400. The molecule has 0 aromatic heterocycles. The van der Waals surface area contributed by atoms with E-state index < -0.39 is 23.5 Å². The topological polar surface area (TPSA) is 123 Å². The van der Waals surface area contributed by atoms with Gasteiger partial charge in [-0.05, 0) is 18.1 Å². The number of methoxy groups -OCH3 is 1. The number of amides is 4. The van der Waals surface area contributed by atoms with E-state index in [1.165, 1.54) is 7.11 Å². The molecule has 23 heavy (non-hydrogen) atoms. The molecule has 0 radical (unpaired) electrons. The van der Waals surface area contributed by atoms with E-state index in [-0.39, 0.29) is 12.5 Å². The highest BCUT2D eigenvalue weighted by atomic mass is 16.5. The highest BCUT2D eigenvalue weighted by molar-refractivity contribution is 6.07. The predicted molar refractivity (Wildman–Crippen MR) is 82.2 cm³/mol. The van der Waals surface area contributed by atoms with Crippen molar-refractivity contribution >= 4 is 17.8 Å². The number of nitrogens with one attached hydrogen (secondary N) is 3. The minimum Gasteiger partial charge on any atom is -0.383 e. The summed E-state index contributed by atoms with van der Waals surface area (Å²) in [6.07, 6.45) is 0. The van der Waals surface area contributed by atoms with E-state index in [9.17, 15) is 14.4 Å². The van der Waals surface area contributed by atoms with Gasteiger partial charge in [0.25, 0.3) is 5.91 Å². The van der Waals surface area contributed by atoms with Gasteiger partial charge < -0.3 is 21.1 Å². The fourth-order valence-electron chi connectivity index (χ4n) is 2.28. The Kier molecular flexibility index (Phi) is 4.97. The van der Waals surface area contributed by atoms with Crippen molar-refractivity contribution in [1.29, 1.82) is 0 Å². The van der Waals surface area contributed by atoms with Gasteiger partial charge in [0.05, 0.1) is 6.61 Å². The van der Waals surface area contributed by atoms with Crippen LogP contribution in [0.1, 0.15) is 18.1 Å². The summed E-state index contributed by atoms with van der Waals surface area (Å²) in [7, 11) is 1.48.